The zero-order valence-corrected chi connectivity index (χ0v) is 19.4. The molecule has 0 unspecified atom stereocenters. The molecular formula is C20H16Cl3NO3S2. The highest BCUT2D eigenvalue weighted by Crippen LogP contribution is 2.37. The molecular weight excluding hydrogens is 473 g/mol. The van der Waals surface area contributed by atoms with Crippen molar-refractivity contribution in [3.8, 4) is 11.5 Å². The van der Waals surface area contributed by atoms with Crippen LogP contribution in [-0.2, 0) is 11.4 Å². The summed E-state index contributed by atoms with van der Waals surface area (Å²) in [5.41, 5.74) is 1.60. The lowest BCUT2D eigenvalue weighted by Gasteiger charge is -2.13. The Hall–Kier alpha value is -1.44. The van der Waals surface area contributed by atoms with E-state index in [0.29, 0.717) is 42.3 Å². The smallest absolute Gasteiger partial charge is 0.266 e. The van der Waals surface area contributed by atoms with Crippen LogP contribution in [-0.4, -0.2) is 28.8 Å². The Morgan fingerprint density at radius 1 is 1.17 bits per heavy atom. The number of nitrogens with zero attached hydrogens (tertiary/aromatic N) is 1. The Labute approximate surface area is 193 Å². The quantitative estimate of drug-likeness (QED) is 0.345. The van der Waals surface area contributed by atoms with Crippen LogP contribution in [0, 0.1) is 0 Å². The van der Waals surface area contributed by atoms with Gasteiger partial charge in [-0.2, -0.15) is 0 Å². The second-order valence-electron chi connectivity index (χ2n) is 5.98. The van der Waals surface area contributed by atoms with E-state index in [1.54, 1.807) is 30.2 Å². The van der Waals surface area contributed by atoms with Crippen molar-refractivity contribution in [2.45, 2.75) is 13.5 Å². The van der Waals surface area contributed by atoms with Crippen LogP contribution < -0.4 is 9.47 Å². The third-order valence-electron chi connectivity index (χ3n) is 4.13. The molecule has 0 aliphatic carbocycles. The van der Waals surface area contributed by atoms with Gasteiger partial charge in [-0.15, -0.1) is 0 Å². The summed E-state index contributed by atoms with van der Waals surface area (Å²) in [5, 5.41) is 1.07. The molecule has 0 spiro atoms. The summed E-state index contributed by atoms with van der Waals surface area (Å²) in [6, 6.07) is 8.69. The highest BCUT2D eigenvalue weighted by atomic mass is 35.5. The minimum atomic E-state index is -0.0872. The molecule has 1 saturated heterocycles. The normalized spacial score (nSPS) is 15.3. The first-order valence-electron chi connectivity index (χ1n) is 8.53. The maximum Gasteiger partial charge on any atom is 0.266 e. The number of benzene rings is 2. The number of thiocarbonyl (C=S) groups is 1. The number of ether oxygens (including phenoxy) is 2. The number of hydrogen-bond acceptors (Lipinski definition) is 5. The fraction of sp³-hybridized carbons (Fsp3) is 0.200. The average molecular weight is 489 g/mol. The lowest BCUT2D eigenvalue weighted by atomic mass is 10.1. The Morgan fingerprint density at radius 2 is 1.86 bits per heavy atom. The standard InChI is InChI=1S/C20H16Cl3NO3S2/c1-3-24-19(25)17(29-20(24)28)7-11-4-5-16(26-2)12(6-11)10-27-18-14(22)8-13(21)9-15(18)23/h4-9H,3,10H2,1-2H3/b17-7-. The zero-order valence-electron chi connectivity index (χ0n) is 15.5. The molecule has 0 aromatic heterocycles. The van der Waals surface area contributed by atoms with Crippen molar-refractivity contribution in [2.75, 3.05) is 13.7 Å². The van der Waals surface area contributed by atoms with Gasteiger partial charge in [0, 0.05) is 17.1 Å². The third-order valence-corrected chi connectivity index (χ3v) is 6.28. The van der Waals surface area contributed by atoms with Crippen molar-refractivity contribution >= 4 is 75.1 Å². The predicted molar refractivity (Wildman–Crippen MR) is 124 cm³/mol. The van der Waals surface area contributed by atoms with Gasteiger partial charge in [0.25, 0.3) is 5.91 Å². The van der Waals surface area contributed by atoms with E-state index in [4.69, 9.17) is 56.5 Å². The summed E-state index contributed by atoms with van der Waals surface area (Å²) in [4.78, 5) is 14.6. The molecule has 1 aliphatic heterocycles. The van der Waals surface area contributed by atoms with Crippen molar-refractivity contribution < 1.29 is 14.3 Å². The number of carbonyl (C=O) groups excluding carboxylic acids is 1. The van der Waals surface area contributed by atoms with Crippen LogP contribution in [0.1, 0.15) is 18.1 Å². The molecule has 1 aliphatic rings. The zero-order chi connectivity index (χ0) is 21.1. The van der Waals surface area contributed by atoms with Gasteiger partial charge in [-0.25, -0.2) is 0 Å². The first-order chi connectivity index (χ1) is 13.8. The number of likely N-dealkylation sites (N-methyl/N-ethyl adjacent to an activating group) is 1. The monoisotopic (exact) mass is 487 g/mol. The topological polar surface area (TPSA) is 38.8 Å². The molecule has 2 aromatic rings. The maximum atomic E-state index is 12.4. The van der Waals surface area contributed by atoms with E-state index in [1.807, 2.05) is 25.1 Å². The van der Waals surface area contributed by atoms with E-state index in [0.717, 1.165) is 11.1 Å². The van der Waals surface area contributed by atoms with Crippen molar-refractivity contribution in [1.82, 2.24) is 4.90 Å². The number of methoxy groups -OCH3 is 1. The maximum absolute atomic E-state index is 12.4. The largest absolute Gasteiger partial charge is 0.496 e. The van der Waals surface area contributed by atoms with E-state index in [2.05, 4.69) is 0 Å². The van der Waals surface area contributed by atoms with Gasteiger partial charge in [0.1, 0.15) is 16.7 Å². The van der Waals surface area contributed by atoms with E-state index < -0.39 is 0 Å². The molecule has 0 atom stereocenters. The molecule has 1 amide bonds. The molecule has 29 heavy (non-hydrogen) atoms. The summed E-state index contributed by atoms with van der Waals surface area (Å²) in [7, 11) is 1.58. The second kappa shape index (κ2) is 9.58. The average Bonchev–Trinajstić information content (AvgIpc) is 2.93. The number of thioether (sulfide) groups is 1. The van der Waals surface area contributed by atoms with Crippen LogP contribution in [0.25, 0.3) is 6.08 Å². The van der Waals surface area contributed by atoms with E-state index in [-0.39, 0.29) is 12.5 Å². The van der Waals surface area contributed by atoms with E-state index in [9.17, 15) is 4.79 Å². The lowest BCUT2D eigenvalue weighted by Crippen LogP contribution is -2.27. The van der Waals surface area contributed by atoms with Crippen molar-refractivity contribution in [1.29, 1.82) is 0 Å². The number of halogens is 3. The molecule has 9 heteroatoms. The first kappa shape index (κ1) is 22.2. The summed E-state index contributed by atoms with van der Waals surface area (Å²) < 4.78 is 11.8. The number of hydrogen-bond donors (Lipinski definition) is 0. The molecule has 1 fully saturated rings. The minimum Gasteiger partial charge on any atom is -0.496 e. The number of amides is 1. The minimum absolute atomic E-state index is 0.0872. The molecule has 0 radical (unpaired) electrons. The molecule has 152 valence electrons. The van der Waals surface area contributed by atoms with Crippen LogP contribution in [0.5, 0.6) is 11.5 Å². The highest BCUT2D eigenvalue weighted by molar-refractivity contribution is 8.26. The lowest BCUT2D eigenvalue weighted by molar-refractivity contribution is -0.121. The van der Waals surface area contributed by atoms with Gasteiger partial charge in [-0.1, -0.05) is 64.8 Å². The molecule has 4 nitrogen and oxygen atoms in total. The van der Waals surface area contributed by atoms with Gasteiger partial charge in [-0.3, -0.25) is 9.69 Å². The van der Waals surface area contributed by atoms with Crippen molar-refractivity contribution in [3.63, 3.8) is 0 Å². The first-order valence-corrected chi connectivity index (χ1v) is 10.9. The second-order valence-corrected chi connectivity index (χ2v) is 8.91. The van der Waals surface area contributed by atoms with Gasteiger partial charge in [0.2, 0.25) is 0 Å². The van der Waals surface area contributed by atoms with Gasteiger partial charge in [0.05, 0.1) is 22.1 Å². The Bertz CT molecular complexity index is 987. The Kier molecular flexibility index (Phi) is 7.35. The Balaban J connectivity index is 1.86. The van der Waals surface area contributed by atoms with Gasteiger partial charge in [-0.05, 0) is 42.8 Å². The van der Waals surface area contributed by atoms with Crippen molar-refractivity contribution in [2.24, 2.45) is 0 Å². The molecule has 3 rings (SSSR count). The molecule has 1 heterocycles. The number of rotatable bonds is 6. The highest BCUT2D eigenvalue weighted by Gasteiger charge is 2.30. The molecule has 2 aromatic carbocycles. The summed E-state index contributed by atoms with van der Waals surface area (Å²) in [6.45, 7) is 2.61. The van der Waals surface area contributed by atoms with E-state index >= 15 is 0 Å². The van der Waals surface area contributed by atoms with Crippen molar-refractivity contribution in [3.05, 3.63) is 61.4 Å². The summed E-state index contributed by atoms with van der Waals surface area (Å²) in [5.74, 6) is 0.898. The molecule has 0 N–H and O–H groups in total. The number of carbonyl (C=O) groups is 1. The summed E-state index contributed by atoms with van der Waals surface area (Å²) in [6.07, 6.45) is 1.81. The molecule has 0 bridgehead atoms. The Morgan fingerprint density at radius 3 is 2.45 bits per heavy atom. The fourth-order valence-electron chi connectivity index (χ4n) is 2.74. The van der Waals surface area contributed by atoms with E-state index in [1.165, 1.54) is 11.8 Å². The van der Waals surface area contributed by atoms with Gasteiger partial charge in [0.15, 0.2) is 5.75 Å². The van der Waals surface area contributed by atoms with Crippen LogP contribution in [0.15, 0.2) is 35.2 Å². The van der Waals surface area contributed by atoms with Crippen LogP contribution in [0.2, 0.25) is 15.1 Å². The SMILES string of the molecule is CCN1C(=O)/C(=C/c2ccc(OC)c(COc3c(Cl)cc(Cl)cc3Cl)c2)SC1=S. The summed E-state index contributed by atoms with van der Waals surface area (Å²) >= 11 is 24.9. The fourth-order valence-corrected chi connectivity index (χ4v) is 5.05. The van der Waals surface area contributed by atoms with Crippen LogP contribution in [0.3, 0.4) is 0 Å². The van der Waals surface area contributed by atoms with Gasteiger partial charge < -0.3 is 9.47 Å². The van der Waals surface area contributed by atoms with Crippen LogP contribution >= 0.6 is 58.8 Å². The predicted octanol–water partition coefficient (Wildman–Crippen LogP) is 6.46. The van der Waals surface area contributed by atoms with Crippen LogP contribution in [0.4, 0.5) is 0 Å². The third kappa shape index (κ3) is 5.01. The molecule has 0 saturated carbocycles. The van der Waals surface area contributed by atoms with Gasteiger partial charge >= 0.3 is 0 Å².